The second-order valence-corrected chi connectivity index (χ2v) is 7.55. The predicted molar refractivity (Wildman–Crippen MR) is 108 cm³/mol. The average Bonchev–Trinajstić information content (AvgIpc) is 2.97. The fourth-order valence-electron chi connectivity index (χ4n) is 3.39. The van der Waals surface area contributed by atoms with E-state index >= 15 is 0 Å². The zero-order valence-corrected chi connectivity index (χ0v) is 17.6. The molecule has 1 amide bonds. The lowest BCUT2D eigenvalue weighted by molar-refractivity contribution is -0.739. The zero-order valence-electron chi connectivity index (χ0n) is 17.6. The maximum Gasteiger partial charge on any atom is 0.339 e. The molecule has 3 unspecified atom stereocenters. The van der Waals surface area contributed by atoms with Crippen LogP contribution in [-0.4, -0.2) is 40.6 Å². The number of carbonyl (C=O) groups is 3. The molecule has 28 heavy (non-hydrogen) atoms. The zero-order chi connectivity index (χ0) is 21.3. The Hall–Kier alpha value is -2.21. The number of ether oxygens (including phenoxy) is 1. The van der Waals surface area contributed by atoms with Gasteiger partial charge in [-0.05, 0) is 32.8 Å². The molecule has 0 saturated carbocycles. The van der Waals surface area contributed by atoms with Crippen molar-refractivity contribution in [2.45, 2.75) is 59.8 Å². The fourth-order valence-corrected chi connectivity index (χ4v) is 3.39. The van der Waals surface area contributed by atoms with Crippen LogP contribution in [0.5, 0.6) is 0 Å². The van der Waals surface area contributed by atoms with Crippen molar-refractivity contribution in [3.05, 3.63) is 36.2 Å². The Morgan fingerprint density at radius 2 is 2.00 bits per heavy atom. The van der Waals surface area contributed by atoms with E-state index in [1.54, 1.807) is 13.1 Å². The third-order valence-corrected chi connectivity index (χ3v) is 5.39. The van der Waals surface area contributed by atoms with Gasteiger partial charge in [0.05, 0.1) is 24.6 Å². The van der Waals surface area contributed by atoms with Crippen LogP contribution in [0, 0.1) is 11.8 Å². The molecule has 0 spiro atoms. The Labute approximate surface area is 168 Å². The van der Waals surface area contributed by atoms with E-state index in [4.69, 9.17) is 9.84 Å². The van der Waals surface area contributed by atoms with Gasteiger partial charge in [-0.25, -0.2) is 18.9 Å². The molecular formula is C22H34NO5+. The maximum absolute atomic E-state index is 12.9. The summed E-state index contributed by atoms with van der Waals surface area (Å²) in [5, 5.41) is 9.03. The standard InChI is InChI=1S/C22H33NO5/c1-6-9-10-18(7-2)15-28-22(27)17(5)14-23(8-3)12-11-19(20(23)24)13-16(4)21(25)26/h8,13-14,18-19H,3,6-7,9-12,15H2,1-2,4-5H3/p+1. The quantitative estimate of drug-likeness (QED) is 0.324. The van der Waals surface area contributed by atoms with Gasteiger partial charge in [0, 0.05) is 12.0 Å². The summed E-state index contributed by atoms with van der Waals surface area (Å²) in [7, 11) is 0. The van der Waals surface area contributed by atoms with Gasteiger partial charge in [0.15, 0.2) is 0 Å². The van der Waals surface area contributed by atoms with Crippen molar-refractivity contribution >= 4 is 17.8 Å². The van der Waals surface area contributed by atoms with E-state index in [1.165, 1.54) is 19.2 Å². The third-order valence-electron chi connectivity index (χ3n) is 5.39. The molecule has 1 aliphatic rings. The van der Waals surface area contributed by atoms with E-state index in [9.17, 15) is 14.4 Å². The largest absolute Gasteiger partial charge is 0.478 e. The molecule has 6 heteroatoms. The topological polar surface area (TPSA) is 80.7 Å². The third kappa shape index (κ3) is 6.16. The van der Waals surface area contributed by atoms with Gasteiger partial charge in [-0.2, -0.15) is 0 Å². The van der Waals surface area contributed by atoms with E-state index in [2.05, 4.69) is 20.4 Å². The van der Waals surface area contributed by atoms with Crippen molar-refractivity contribution < 1.29 is 28.7 Å². The van der Waals surface area contributed by atoms with Crippen molar-refractivity contribution in [2.75, 3.05) is 13.2 Å². The molecule has 0 aromatic heterocycles. The molecule has 0 radical (unpaired) electrons. The Bertz CT molecular complexity index is 664. The highest BCUT2D eigenvalue weighted by Crippen LogP contribution is 2.30. The lowest BCUT2D eigenvalue weighted by Gasteiger charge is -2.23. The summed E-state index contributed by atoms with van der Waals surface area (Å²) in [6.07, 6.45) is 9.28. The van der Waals surface area contributed by atoms with Crippen LogP contribution in [0.1, 0.15) is 59.8 Å². The molecule has 6 nitrogen and oxygen atoms in total. The second-order valence-electron chi connectivity index (χ2n) is 7.55. The Morgan fingerprint density at radius 1 is 1.32 bits per heavy atom. The summed E-state index contributed by atoms with van der Waals surface area (Å²) in [5.41, 5.74) is 0.499. The van der Waals surface area contributed by atoms with Crippen molar-refractivity contribution in [3.63, 3.8) is 0 Å². The van der Waals surface area contributed by atoms with Gasteiger partial charge in [0.1, 0.15) is 12.4 Å². The van der Waals surface area contributed by atoms with Crippen LogP contribution in [-0.2, 0) is 19.1 Å². The van der Waals surface area contributed by atoms with Gasteiger partial charge in [-0.15, -0.1) is 0 Å². The fraction of sp³-hybridized carbons (Fsp3) is 0.591. The molecule has 0 bridgehead atoms. The van der Waals surface area contributed by atoms with Gasteiger partial charge in [0.2, 0.25) is 0 Å². The number of nitrogens with zero attached hydrogens (tertiary/aromatic N) is 1. The van der Waals surface area contributed by atoms with Gasteiger partial charge in [-0.3, -0.25) is 0 Å². The molecule has 0 aliphatic carbocycles. The second kappa shape index (κ2) is 11.0. The van der Waals surface area contributed by atoms with Crippen LogP contribution in [0.15, 0.2) is 36.2 Å². The van der Waals surface area contributed by atoms with Crippen LogP contribution in [0.2, 0.25) is 0 Å². The van der Waals surface area contributed by atoms with Gasteiger partial charge in [-0.1, -0.05) is 39.2 Å². The molecule has 0 aromatic carbocycles. The molecule has 1 fully saturated rings. The summed E-state index contributed by atoms with van der Waals surface area (Å²) in [5.74, 6) is -1.81. The van der Waals surface area contributed by atoms with Crippen LogP contribution in [0.25, 0.3) is 0 Å². The van der Waals surface area contributed by atoms with E-state index < -0.39 is 17.9 Å². The number of rotatable bonds is 11. The smallest absolute Gasteiger partial charge is 0.339 e. The van der Waals surface area contributed by atoms with Gasteiger partial charge >= 0.3 is 17.8 Å². The molecule has 1 rings (SSSR count). The Kier molecular flexibility index (Phi) is 9.32. The number of carbonyl (C=O) groups excluding carboxylic acids is 2. The number of carboxylic acids is 1. The minimum absolute atomic E-state index is 0.139. The van der Waals surface area contributed by atoms with Crippen LogP contribution in [0.3, 0.4) is 0 Å². The summed E-state index contributed by atoms with van der Waals surface area (Å²) in [6, 6.07) is 0. The van der Waals surface area contributed by atoms with Crippen LogP contribution >= 0.6 is 0 Å². The summed E-state index contributed by atoms with van der Waals surface area (Å²) in [4.78, 5) is 36.3. The van der Waals surface area contributed by atoms with Crippen molar-refractivity contribution in [2.24, 2.45) is 11.8 Å². The summed E-state index contributed by atoms with van der Waals surface area (Å²) >= 11 is 0. The number of hydrogen-bond acceptors (Lipinski definition) is 4. The lowest BCUT2D eigenvalue weighted by Crippen LogP contribution is -2.40. The van der Waals surface area contributed by atoms with Crippen molar-refractivity contribution in [1.82, 2.24) is 0 Å². The first-order valence-corrected chi connectivity index (χ1v) is 10.0. The van der Waals surface area contributed by atoms with Gasteiger partial charge < -0.3 is 9.84 Å². The minimum atomic E-state index is -1.04. The predicted octanol–water partition coefficient (Wildman–Crippen LogP) is 4.19. The number of quaternary nitrogens is 1. The number of aliphatic carboxylic acids is 1. The average molecular weight is 393 g/mol. The Morgan fingerprint density at radius 3 is 2.54 bits per heavy atom. The molecule has 156 valence electrons. The number of carboxylic acid groups (broad SMARTS) is 1. The van der Waals surface area contributed by atoms with Gasteiger partial charge in [0.25, 0.3) is 0 Å². The molecule has 1 aliphatic heterocycles. The highest BCUT2D eigenvalue weighted by Gasteiger charge is 2.45. The molecule has 1 heterocycles. The first-order chi connectivity index (χ1) is 13.2. The Balaban J connectivity index is 2.86. The lowest BCUT2D eigenvalue weighted by atomic mass is 10.0. The molecule has 1 saturated heterocycles. The highest BCUT2D eigenvalue weighted by molar-refractivity contribution is 5.89. The van der Waals surface area contributed by atoms with E-state index in [0.717, 1.165) is 25.7 Å². The number of likely N-dealkylation sites (tertiary alicyclic amines) is 1. The van der Waals surface area contributed by atoms with E-state index in [1.807, 2.05) is 0 Å². The first kappa shape index (κ1) is 23.8. The van der Waals surface area contributed by atoms with Crippen molar-refractivity contribution in [3.8, 4) is 0 Å². The normalized spacial score (nSPS) is 24.1. The van der Waals surface area contributed by atoms with Crippen molar-refractivity contribution in [1.29, 1.82) is 0 Å². The summed E-state index contributed by atoms with van der Waals surface area (Å²) < 4.78 is 5.28. The molecular weight excluding hydrogens is 358 g/mol. The highest BCUT2D eigenvalue weighted by atomic mass is 16.5. The van der Waals surface area contributed by atoms with Crippen LogP contribution in [0.4, 0.5) is 0 Å². The first-order valence-electron chi connectivity index (χ1n) is 10.0. The molecule has 1 N–H and O–H groups in total. The van der Waals surface area contributed by atoms with Crippen LogP contribution < -0.4 is 0 Å². The number of esters is 1. The number of unbranched alkanes of at least 4 members (excludes halogenated alkanes) is 1. The molecule has 0 aromatic rings. The minimum Gasteiger partial charge on any atom is -0.478 e. The monoisotopic (exact) mass is 392 g/mol. The van der Waals surface area contributed by atoms with E-state index in [0.29, 0.717) is 31.1 Å². The summed E-state index contributed by atoms with van der Waals surface area (Å²) in [6.45, 7) is 11.9. The maximum atomic E-state index is 12.9. The SMILES string of the molecule is C=C[N+]1(C=C(C)C(=O)OCC(CC)CCCC)CCC(C=C(C)C(=O)O)C1=O. The number of hydrogen-bond donors (Lipinski definition) is 1. The number of amides is 1. The molecule has 3 atom stereocenters. The van der Waals surface area contributed by atoms with E-state index in [-0.39, 0.29) is 16.0 Å².